The number of furan rings is 1. The van der Waals surface area contributed by atoms with Crippen LogP contribution in [0.2, 0.25) is 0 Å². The topological polar surface area (TPSA) is 68.5 Å². The molecule has 0 aliphatic carbocycles. The molecule has 0 radical (unpaired) electrons. The smallest absolute Gasteiger partial charge is 0.374 e. The van der Waals surface area contributed by atoms with Gasteiger partial charge in [0.05, 0.1) is 5.69 Å². The van der Waals surface area contributed by atoms with Gasteiger partial charge in [-0.25, -0.2) is 9.18 Å². The Morgan fingerprint density at radius 1 is 1.07 bits per heavy atom. The van der Waals surface area contributed by atoms with Crippen LogP contribution in [0.25, 0.3) is 11.3 Å². The number of thioether (sulfide) groups is 1. The normalized spacial score (nSPS) is 10.4. The minimum atomic E-state index is -0.753. The number of hydrogen-bond donors (Lipinski definition) is 1. The number of carbonyl (C=O) groups is 2. The molecule has 1 heterocycles. The summed E-state index contributed by atoms with van der Waals surface area (Å²) in [5.41, 5.74) is 1.28. The highest BCUT2D eigenvalue weighted by Gasteiger charge is 2.16. The zero-order chi connectivity index (χ0) is 19.2. The van der Waals surface area contributed by atoms with Gasteiger partial charge in [0, 0.05) is 10.5 Å². The Morgan fingerprint density at radius 3 is 2.56 bits per heavy atom. The van der Waals surface area contributed by atoms with Crippen LogP contribution in [0, 0.1) is 5.82 Å². The van der Waals surface area contributed by atoms with Crippen LogP contribution in [0.15, 0.2) is 70.0 Å². The maximum Gasteiger partial charge on any atom is 0.374 e. The first kappa shape index (κ1) is 18.7. The first-order valence-corrected chi connectivity index (χ1v) is 9.25. The summed E-state index contributed by atoms with van der Waals surface area (Å²) in [7, 11) is 0. The van der Waals surface area contributed by atoms with Crippen molar-refractivity contribution >= 4 is 29.3 Å². The fourth-order valence-electron chi connectivity index (χ4n) is 2.35. The van der Waals surface area contributed by atoms with E-state index in [2.05, 4.69) is 5.32 Å². The van der Waals surface area contributed by atoms with Crippen LogP contribution in [0.1, 0.15) is 10.6 Å². The number of amides is 1. The Labute approximate surface area is 159 Å². The molecule has 0 atom stereocenters. The highest BCUT2D eigenvalue weighted by atomic mass is 32.2. The number of nitrogens with one attached hydrogen (secondary N) is 1. The molecule has 0 saturated carbocycles. The molecule has 5 nitrogen and oxygen atoms in total. The van der Waals surface area contributed by atoms with Gasteiger partial charge >= 0.3 is 5.97 Å². The average molecular weight is 385 g/mol. The van der Waals surface area contributed by atoms with Gasteiger partial charge in [0.15, 0.2) is 6.61 Å². The third kappa shape index (κ3) is 4.77. The second-order valence-electron chi connectivity index (χ2n) is 5.50. The zero-order valence-corrected chi connectivity index (χ0v) is 15.2. The molecule has 7 heteroatoms. The third-order valence-corrected chi connectivity index (χ3v) is 4.45. The fraction of sp³-hybridized carbons (Fsp3) is 0.100. The fourth-order valence-corrected chi connectivity index (χ4v) is 2.91. The van der Waals surface area contributed by atoms with E-state index >= 15 is 0 Å². The molecule has 1 N–H and O–H groups in total. The van der Waals surface area contributed by atoms with E-state index in [4.69, 9.17) is 9.15 Å². The first-order valence-electron chi connectivity index (χ1n) is 8.02. The van der Waals surface area contributed by atoms with Crippen molar-refractivity contribution in [1.29, 1.82) is 0 Å². The van der Waals surface area contributed by atoms with E-state index in [1.54, 1.807) is 30.3 Å². The van der Waals surface area contributed by atoms with Crippen LogP contribution >= 0.6 is 11.8 Å². The van der Waals surface area contributed by atoms with Crippen LogP contribution in [-0.4, -0.2) is 24.7 Å². The monoisotopic (exact) mass is 385 g/mol. The van der Waals surface area contributed by atoms with Gasteiger partial charge in [0.2, 0.25) is 5.76 Å². The van der Waals surface area contributed by atoms with Gasteiger partial charge in [-0.05, 0) is 54.8 Å². The van der Waals surface area contributed by atoms with Crippen LogP contribution in [0.4, 0.5) is 10.1 Å². The first-order chi connectivity index (χ1) is 13.1. The Morgan fingerprint density at radius 2 is 1.81 bits per heavy atom. The zero-order valence-electron chi connectivity index (χ0n) is 14.4. The highest BCUT2D eigenvalue weighted by molar-refractivity contribution is 7.98. The molecule has 0 fully saturated rings. The van der Waals surface area contributed by atoms with Gasteiger partial charge in [-0.2, -0.15) is 0 Å². The lowest BCUT2D eigenvalue weighted by Gasteiger charge is -2.09. The van der Waals surface area contributed by atoms with Gasteiger partial charge in [-0.1, -0.05) is 12.1 Å². The summed E-state index contributed by atoms with van der Waals surface area (Å²) in [6.07, 6.45) is 1.90. The Hall–Kier alpha value is -3.06. The van der Waals surface area contributed by atoms with Crippen molar-refractivity contribution in [2.75, 3.05) is 18.2 Å². The van der Waals surface area contributed by atoms with Crippen LogP contribution in [0.3, 0.4) is 0 Å². The molecule has 3 aromatic rings. The molecule has 138 valence electrons. The van der Waals surface area contributed by atoms with E-state index in [1.165, 1.54) is 30.0 Å². The van der Waals surface area contributed by atoms with Crippen molar-refractivity contribution in [3.05, 3.63) is 72.2 Å². The molecule has 1 amide bonds. The van der Waals surface area contributed by atoms with Crippen molar-refractivity contribution in [2.45, 2.75) is 4.90 Å². The van der Waals surface area contributed by atoms with Gasteiger partial charge in [-0.3, -0.25) is 4.79 Å². The molecule has 0 bridgehead atoms. The predicted molar refractivity (Wildman–Crippen MR) is 101 cm³/mol. The summed E-state index contributed by atoms with van der Waals surface area (Å²) in [6, 6.07) is 16.0. The third-order valence-electron chi connectivity index (χ3n) is 3.65. The van der Waals surface area contributed by atoms with Crippen molar-refractivity contribution in [3.8, 4) is 11.3 Å². The molecule has 1 aromatic heterocycles. The number of benzene rings is 2. The lowest BCUT2D eigenvalue weighted by Crippen LogP contribution is -2.21. The molecule has 0 saturated heterocycles. The van der Waals surface area contributed by atoms with E-state index in [0.717, 1.165) is 4.90 Å². The number of carbonyl (C=O) groups excluding carboxylic acids is 2. The SMILES string of the molecule is CSc1ccccc1NC(=O)COC(=O)c1ccc(-c2ccc(F)cc2)o1. The number of ether oxygens (including phenoxy) is 1. The molecule has 0 aliphatic rings. The Bertz CT molecular complexity index is 953. The summed E-state index contributed by atoms with van der Waals surface area (Å²) in [5.74, 6) is -1.20. The molecule has 27 heavy (non-hydrogen) atoms. The number of hydrogen-bond acceptors (Lipinski definition) is 5. The van der Waals surface area contributed by atoms with E-state index < -0.39 is 18.5 Å². The second-order valence-corrected chi connectivity index (χ2v) is 6.34. The van der Waals surface area contributed by atoms with Crippen LogP contribution in [0.5, 0.6) is 0 Å². The van der Waals surface area contributed by atoms with Gasteiger partial charge < -0.3 is 14.5 Å². The van der Waals surface area contributed by atoms with Crippen molar-refractivity contribution < 1.29 is 23.1 Å². The summed E-state index contributed by atoms with van der Waals surface area (Å²) in [5, 5.41) is 2.70. The molecule has 3 rings (SSSR count). The highest BCUT2D eigenvalue weighted by Crippen LogP contribution is 2.25. The van der Waals surface area contributed by atoms with E-state index in [-0.39, 0.29) is 11.6 Å². The second kappa shape index (κ2) is 8.55. The Kier molecular flexibility index (Phi) is 5.93. The molecule has 0 unspecified atom stereocenters. The molecular weight excluding hydrogens is 369 g/mol. The average Bonchev–Trinajstić information content (AvgIpc) is 3.17. The number of anilines is 1. The van der Waals surface area contributed by atoms with E-state index in [9.17, 15) is 14.0 Å². The summed E-state index contributed by atoms with van der Waals surface area (Å²) < 4.78 is 23.4. The Balaban J connectivity index is 1.58. The lowest BCUT2D eigenvalue weighted by molar-refractivity contribution is -0.119. The predicted octanol–water partition coefficient (Wildman–Crippen LogP) is 4.60. The van der Waals surface area contributed by atoms with E-state index in [1.807, 2.05) is 18.4 Å². The maximum atomic E-state index is 13.0. The van der Waals surface area contributed by atoms with Crippen molar-refractivity contribution in [1.82, 2.24) is 0 Å². The minimum Gasteiger partial charge on any atom is -0.450 e. The molecule has 2 aromatic carbocycles. The summed E-state index contributed by atoms with van der Waals surface area (Å²) in [6.45, 7) is -0.436. The van der Waals surface area contributed by atoms with Crippen LogP contribution in [-0.2, 0) is 9.53 Å². The molecule has 0 aliphatic heterocycles. The number of esters is 1. The number of para-hydroxylation sites is 1. The van der Waals surface area contributed by atoms with Gasteiger partial charge in [0.1, 0.15) is 11.6 Å². The lowest BCUT2D eigenvalue weighted by atomic mass is 10.2. The number of halogens is 1. The quantitative estimate of drug-likeness (QED) is 0.496. The largest absolute Gasteiger partial charge is 0.450 e. The maximum absolute atomic E-state index is 13.0. The minimum absolute atomic E-state index is 0.0355. The number of rotatable bonds is 6. The van der Waals surface area contributed by atoms with Gasteiger partial charge in [-0.15, -0.1) is 11.8 Å². The molecular formula is C20H16FNO4S. The summed E-state index contributed by atoms with van der Waals surface area (Å²) in [4.78, 5) is 25.0. The standard InChI is InChI=1S/C20H16FNO4S/c1-27-18-5-3-2-4-15(18)22-19(23)12-25-20(24)17-11-10-16(26-17)13-6-8-14(21)9-7-13/h2-11H,12H2,1H3,(H,22,23). The van der Waals surface area contributed by atoms with Crippen molar-refractivity contribution in [3.63, 3.8) is 0 Å². The van der Waals surface area contributed by atoms with Gasteiger partial charge in [0.25, 0.3) is 5.91 Å². The molecule has 0 spiro atoms. The van der Waals surface area contributed by atoms with Crippen LogP contribution < -0.4 is 5.32 Å². The summed E-state index contributed by atoms with van der Waals surface area (Å²) >= 11 is 1.50. The van der Waals surface area contributed by atoms with Crippen molar-refractivity contribution in [2.24, 2.45) is 0 Å². The van der Waals surface area contributed by atoms with E-state index in [0.29, 0.717) is 17.0 Å².